The van der Waals surface area contributed by atoms with Crippen molar-refractivity contribution in [3.8, 4) is 17.0 Å². The molecule has 31 heavy (non-hydrogen) atoms. The number of rotatable bonds is 7. The van der Waals surface area contributed by atoms with E-state index in [1.165, 1.54) is 12.1 Å². The van der Waals surface area contributed by atoms with Crippen LogP contribution in [0, 0.1) is 6.92 Å². The number of aliphatic carboxylic acids is 1. The van der Waals surface area contributed by atoms with Gasteiger partial charge in [-0.25, -0.2) is 0 Å². The van der Waals surface area contributed by atoms with Crippen LogP contribution >= 0.6 is 34.8 Å². The first-order valence-electron chi connectivity index (χ1n) is 9.13. The molecule has 0 spiro atoms. The zero-order chi connectivity index (χ0) is 22.7. The lowest BCUT2D eigenvalue weighted by molar-refractivity contribution is -0.136. The number of benzene rings is 2. The second kappa shape index (κ2) is 9.60. The van der Waals surface area contributed by atoms with Crippen LogP contribution in [0.1, 0.15) is 28.6 Å². The molecule has 0 aliphatic carbocycles. The molecule has 1 heterocycles. The van der Waals surface area contributed by atoms with Crippen LogP contribution < -0.4 is 4.84 Å². The molecular formula is C21H17Cl3N2O5. The molecule has 1 N–H and O–H groups in total. The van der Waals surface area contributed by atoms with Gasteiger partial charge in [0.15, 0.2) is 5.75 Å². The lowest BCUT2D eigenvalue weighted by Gasteiger charge is -2.21. The number of hydroxylamine groups is 2. The molecule has 0 saturated carbocycles. The highest BCUT2D eigenvalue weighted by Gasteiger charge is 2.28. The SMILES string of the molecule is CCN(Oc1ccc(Cl)cc1Cl)C(=O)c1c(-c2ccc(CC(=O)O)cc2Cl)noc1C. The summed E-state index contributed by atoms with van der Waals surface area (Å²) in [4.78, 5) is 29.9. The smallest absolute Gasteiger partial charge is 0.307 e. The molecule has 0 aliphatic rings. The zero-order valence-corrected chi connectivity index (χ0v) is 18.8. The van der Waals surface area contributed by atoms with Gasteiger partial charge in [0.2, 0.25) is 0 Å². The van der Waals surface area contributed by atoms with E-state index in [4.69, 9.17) is 49.3 Å². The van der Waals surface area contributed by atoms with Crippen LogP contribution in [0.2, 0.25) is 15.1 Å². The molecule has 162 valence electrons. The highest BCUT2D eigenvalue weighted by atomic mass is 35.5. The molecule has 0 aliphatic heterocycles. The van der Waals surface area contributed by atoms with Crippen molar-refractivity contribution in [2.24, 2.45) is 0 Å². The van der Waals surface area contributed by atoms with E-state index in [0.29, 0.717) is 16.1 Å². The van der Waals surface area contributed by atoms with E-state index in [1.54, 1.807) is 38.1 Å². The van der Waals surface area contributed by atoms with Crippen molar-refractivity contribution in [3.63, 3.8) is 0 Å². The summed E-state index contributed by atoms with van der Waals surface area (Å²) in [6, 6.07) is 9.38. The van der Waals surface area contributed by atoms with Crippen molar-refractivity contribution < 1.29 is 24.1 Å². The van der Waals surface area contributed by atoms with Gasteiger partial charge in [0.1, 0.15) is 17.0 Å². The van der Waals surface area contributed by atoms with Gasteiger partial charge >= 0.3 is 5.97 Å². The lowest BCUT2D eigenvalue weighted by Crippen LogP contribution is -2.34. The Kier molecular flexibility index (Phi) is 7.10. The molecule has 3 aromatic rings. The highest BCUT2D eigenvalue weighted by Crippen LogP contribution is 2.34. The first kappa shape index (κ1) is 22.9. The van der Waals surface area contributed by atoms with E-state index in [9.17, 15) is 9.59 Å². The van der Waals surface area contributed by atoms with Crippen LogP contribution in [-0.4, -0.2) is 33.7 Å². The number of aromatic nitrogens is 1. The molecule has 1 amide bonds. The third-order valence-corrected chi connectivity index (χ3v) is 5.18. The summed E-state index contributed by atoms with van der Waals surface area (Å²) in [6.45, 7) is 3.53. The predicted octanol–water partition coefficient (Wildman–Crippen LogP) is 5.69. The third kappa shape index (κ3) is 5.12. The Hall–Kier alpha value is -2.74. The molecular weight excluding hydrogens is 467 g/mol. The average Bonchev–Trinajstić information content (AvgIpc) is 3.07. The molecule has 0 saturated heterocycles. The molecule has 7 nitrogen and oxygen atoms in total. The summed E-state index contributed by atoms with van der Waals surface area (Å²) in [5.41, 5.74) is 1.33. The van der Waals surface area contributed by atoms with Crippen molar-refractivity contribution in [2.75, 3.05) is 6.54 Å². The molecule has 0 radical (unpaired) electrons. The first-order chi connectivity index (χ1) is 14.7. The number of aryl methyl sites for hydroxylation is 1. The fourth-order valence-electron chi connectivity index (χ4n) is 2.89. The monoisotopic (exact) mass is 482 g/mol. The van der Waals surface area contributed by atoms with E-state index in [2.05, 4.69) is 5.16 Å². The third-order valence-electron chi connectivity index (χ3n) is 4.34. The molecule has 0 bridgehead atoms. The molecule has 2 aromatic carbocycles. The van der Waals surface area contributed by atoms with Gasteiger partial charge in [0.25, 0.3) is 5.91 Å². The Morgan fingerprint density at radius 2 is 1.87 bits per heavy atom. The van der Waals surface area contributed by atoms with Crippen molar-refractivity contribution in [3.05, 3.63) is 68.4 Å². The van der Waals surface area contributed by atoms with E-state index in [1.807, 2.05) is 0 Å². The van der Waals surface area contributed by atoms with Gasteiger partial charge < -0.3 is 14.5 Å². The van der Waals surface area contributed by atoms with Crippen molar-refractivity contribution in [1.82, 2.24) is 10.2 Å². The van der Waals surface area contributed by atoms with E-state index in [-0.39, 0.29) is 45.8 Å². The van der Waals surface area contributed by atoms with Crippen LogP contribution in [0.3, 0.4) is 0 Å². The van der Waals surface area contributed by atoms with Crippen LogP contribution in [0.25, 0.3) is 11.3 Å². The summed E-state index contributed by atoms with van der Waals surface area (Å²) in [7, 11) is 0. The molecule has 0 atom stereocenters. The van der Waals surface area contributed by atoms with Crippen LogP contribution in [0.5, 0.6) is 5.75 Å². The van der Waals surface area contributed by atoms with Crippen molar-refractivity contribution in [2.45, 2.75) is 20.3 Å². The zero-order valence-electron chi connectivity index (χ0n) is 16.5. The molecule has 3 rings (SSSR count). The standard InChI is InChI=1S/C21H17Cl3N2O5/c1-3-26(31-17-7-5-13(22)10-16(17)24)21(29)19-11(2)30-25-20(19)14-6-4-12(8-15(14)23)9-18(27)28/h4-8,10H,3,9H2,1-2H3,(H,27,28). The largest absolute Gasteiger partial charge is 0.481 e. The Balaban J connectivity index is 1.95. The number of carboxylic acid groups (broad SMARTS) is 1. The molecule has 10 heteroatoms. The summed E-state index contributed by atoms with van der Waals surface area (Å²) in [5.74, 6) is -0.954. The van der Waals surface area contributed by atoms with Gasteiger partial charge in [0.05, 0.1) is 23.0 Å². The van der Waals surface area contributed by atoms with Gasteiger partial charge in [-0.05, 0) is 43.7 Å². The quantitative estimate of drug-likeness (QED) is 0.434. The minimum Gasteiger partial charge on any atom is -0.481 e. The Morgan fingerprint density at radius 3 is 2.48 bits per heavy atom. The average molecular weight is 484 g/mol. The number of nitrogens with zero attached hydrogens (tertiary/aromatic N) is 2. The van der Waals surface area contributed by atoms with Gasteiger partial charge in [-0.3, -0.25) is 9.59 Å². The second-order valence-corrected chi connectivity index (χ2v) is 7.76. The Bertz CT molecular complexity index is 1150. The normalized spacial score (nSPS) is 10.7. The summed E-state index contributed by atoms with van der Waals surface area (Å²) < 4.78 is 5.26. The number of hydrogen-bond donors (Lipinski definition) is 1. The minimum absolute atomic E-state index is 0.167. The van der Waals surface area contributed by atoms with Gasteiger partial charge in [-0.15, -0.1) is 0 Å². The van der Waals surface area contributed by atoms with Gasteiger partial charge in [0, 0.05) is 10.6 Å². The number of halogens is 3. The number of carboxylic acids is 1. The van der Waals surface area contributed by atoms with Crippen molar-refractivity contribution in [1.29, 1.82) is 0 Å². The number of hydrogen-bond acceptors (Lipinski definition) is 5. The highest BCUT2D eigenvalue weighted by molar-refractivity contribution is 6.35. The first-order valence-corrected chi connectivity index (χ1v) is 10.3. The van der Waals surface area contributed by atoms with E-state index < -0.39 is 11.9 Å². The summed E-state index contributed by atoms with van der Waals surface area (Å²) in [6.07, 6.45) is -0.178. The maximum absolute atomic E-state index is 13.3. The molecule has 0 fully saturated rings. The Morgan fingerprint density at radius 1 is 1.13 bits per heavy atom. The Labute approximate surface area is 193 Å². The lowest BCUT2D eigenvalue weighted by atomic mass is 10.0. The van der Waals surface area contributed by atoms with E-state index >= 15 is 0 Å². The van der Waals surface area contributed by atoms with Gasteiger partial charge in [-0.2, -0.15) is 5.06 Å². The number of carbonyl (C=O) groups is 2. The number of carbonyl (C=O) groups excluding carboxylic acids is 1. The summed E-state index contributed by atoms with van der Waals surface area (Å²) in [5, 5.41) is 15.0. The maximum Gasteiger partial charge on any atom is 0.307 e. The van der Waals surface area contributed by atoms with E-state index in [0.717, 1.165) is 5.06 Å². The molecule has 0 unspecified atom stereocenters. The van der Waals surface area contributed by atoms with Crippen LogP contribution in [0.15, 0.2) is 40.9 Å². The predicted molar refractivity (Wildman–Crippen MR) is 117 cm³/mol. The fourth-order valence-corrected chi connectivity index (χ4v) is 3.62. The van der Waals surface area contributed by atoms with Gasteiger partial charge in [-0.1, -0.05) is 52.1 Å². The summed E-state index contributed by atoms with van der Waals surface area (Å²) >= 11 is 18.4. The minimum atomic E-state index is -0.978. The molecule has 1 aromatic heterocycles. The second-order valence-electron chi connectivity index (χ2n) is 6.51. The maximum atomic E-state index is 13.3. The van der Waals surface area contributed by atoms with Crippen LogP contribution in [0.4, 0.5) is 0 Å². The topological polar surface area (TPSA) is 92.9 Å². The van der Waals surface area contributed by atoms with Crippen LogP contribution in [-0.2, 0) is 11.2 Å². The fraction of sp³-hybridized carbons (Fsp3) is 0.190. The van der Waals surface area contributed by atoms with Crippen molar-refractivity contribution >= 4 is 46.7 Å². The number of amides is 1.